The second kappa shape index (κ2) is 7.10. The van der Waals surface area contributed by atoms with Gasteiger partial charge < -0.3 is 4.98 Å². The van der Waals surface area contributed by atoms with Gasteiger partial charge in [-0.15, -0.1) is 0 Å². The fourth-order valence-electron chi connectivity index (χ4n) is 2.26. The van der Waals surface area contributed by atoms with Crippen molar-refractivity contribution in [3.8, 4) is 0 Å². The summed E-state index contributed by atoms with van der Waals surface area (Å²) in [7, 11) is 0. The van der Waals surface area contributed by atoms with Gasteiger partial charge in [0.15, 0.2) is 0 Å². The van der Waals surface area contributed by atoms with Crippen molar-refractivity contribution in [2.24, 2.45) is 5.10 Å². The SMILES string of the molecule is O=C(Cc1c[nH]c2ccccc12)N/N=C/c1ccc(Br)c(Br)c1. The molecule has 0 fully saturated rings. The van der Waals surface area contributed by atoms with Gasteiger partial charge in [-0.25, -0.2) is 5.43 Å². The lowest BCUT2D eigenvalue weighted by Gasteiger charge is -2.00. The average molecular weight is 435 g/mol. The van der Waals surface area contributed by atoms with E-state index in [2.05, 4.69) is 47.4 Å². The van der Waals surface area contributed by atoms with Crippen LogP contribution < -0.4 is 5.43 Å². The zero-order chi connectivity index (χ0) is 16.2. The van der Waals surface area contributed by atoms with Gasteiger partial charge >= 0.3 is 0 Å². The Labute approximate surface area is 150 Å². The number of benzene rings is 2. The Morgan fingerprint density at radius 2 is 2.00 bits per heavy atom. The van der Waals surface area contributed by atoms with E-state index < -0.39 is 0 Å². The largest absolute Gasteiger partial charge is 0.361 e. The monoisotopic (exact) mass is 433 g/mol. The van der Waals surface area contributed by atoms with Crippen LogP contribution in [0.5, 0.6) is 0 Å². The molecule has 0 saturated heterocycles. The van der Waals surface area contributed by atoms with Crippen molar-refractivity contribution >= 4 is 54.9 Å². The number of aromatic amines is 1. The number of rotatable bonds is 4. The van der Waals surface area contributed by atoms with E-state index in [1.807, 2.05) is 48.7 Å². The maximum absolute atomic E-state index is 12.0. The molecule has 6 heteroatoms. The fourth-order valence-corrected chi connectivity index (χ4v) is 2.90. The molecule has 23 heavy (non-hydrogen) atoms. The maximum Gasteiger partial charge on any atom is 0.244 e. The molecule has 0 atom stereocenters. The first-order valence-electron chi connectivity index (χ1n) is 6.95. The molecule has 2 aromatic carbocycles. The minimum atomic E-state index is -0.151. The minimum absolute atomic E-state index is 0.151. The molecule has 0 spiro atoms. The molecule has 116 valence electrons. The van der Waals surface area contributed by atoms with Crippen LogP contribution in [0.4, 0.5) is 0 Å². The van der Waals surface area contributed by atoms with Crippen LogP contribution in [0.25, 0.3) is 10.9 Å². The van der Waals surface area contributed by atoms with Crippen molar-refractivity contribution in [3.05, 3.63) is 68.7 Å². The number of halogens is 2. The van der Waals surface area contributed by atoms with Crippen molar-refractivity contribution in [2.75, 3.05) is 0 Å². The first-order chi connectivity index (χ1) is 11.1. The molecule has 0 unspecified atom stereocenters. The van der Waals surface area contributed by atoms with Crippen LogP contribution in [-0.2, 0) is 11.2 Å². The third-order valence-electron chi connectivity index (χ3n) is 3.37. The van der Waals surface area contributed by atoms with E-state index in [1.54, 1.807) is 6.21 Å². The van der Waals surface area contributed by atoms with Gasteiger partial charge in [-0.3, -0.25) is 4.79 Å². The molecule has 0 aliphatic carbocycles. The Balaban J connectivity index is 1.63. The summed E-state index contributed by atoms with van der Waals surface area (Å²) in [6.07, 6.45) is 3.76. The van der Waals surface area contributed by atoms with E-state index in [0.29, 0.717) is 0 Å². The second-order valence-corrected chi connectivity index (χ2v) is 6.71. The van der Waals surface area contributed by atoms with Gasteiger partial charge in [-0.05, 0) is 61.2 Å². The van der Waals surface area contributed by atoms with Crippen molar-refractivity contribution in [1.29, 1.82) is 0 Å². The average Bonchev–Trinajstić information content (AvgIpc) is 2.94. The Bertz CT molecular complexity index is 886. The number of hydrazone groups is 1. The van der Waals surface area contributed by atoms with Crippen molar-refractivity contribution in [3.63, 3.8) is 0 Å². The van der Waals surface area contributed by atoms with Crippen molar-refractivity contribution in [2.45, 2.75) is 6.42 Å². The number of aromatic nitrogens is 1. The van der Waals surface area contributed by atoms with Crippen LogP contribution in [0, 0.1) is 0 Å². The number of carbonyl (C=O) groups is 1. The highest BCUT2D eigenvalue weighted by Crippen LogP contribution is 2.23. The molecule has 4 nitrogen and oxygen atoms in total. The summed E-state index contributed by atoms with van der Waals surface area (Å²) in [6.45, 7) is 0. The summed E-state index contributed by atoms with van der Waals surface area (Å²) in [5, 5.41) is 5.06. The van der Waals surface area contributed by atoms with Gasteiger partial charge in [0.25, 0.3) is 0 Å². The summed E-state index contributed by atoms with van der Waals surface area (Å²) >= 11 is 6.84. The lowest BCUT2D eigenvalue weighted by Crippen LogP contribution is -2.19. The minimum Gasteiger partial charge on any atom is -0.361 e. The van der Waals surface area contributed by atoms with Gasteiger partial charge in [0, 0.05) is 26.0 Å². The van der Waals surface area contributed by atoms with Gasteiger partial charge in [-0.2, -0.15) is 5.10 Å². The third-order valence-corrected chi connectivity index (χ3v) is 5.25. The van der Waals surface area contributed by atoms with Crippen LogP contribution in [0.2, 0.25) is 0 Å². The molecule has 0 aliphatic heterocycles. The number of carbonyl (C=O) groups excluding carboxylic acids is 1. The topological polar surface area (TPSA) is 57.2 Å². The Hall–Kier alpha value is -1.92. The van der Waals surface area contributed by atoms with Crippen LogP contribution in [-0.4, -0.2) is 17.1 Å². The number of H-pyrrole nitrogens is 1. The summed E-state index contributed by atoms with van der Waals surface area (Å²) < 4.78 is 1.91. The summed E-state index contributed by atoms with van der Waals surface area (Å²) in [6, 6.07) is 13.6. The van der Waals surface area contributed by atoms with E-state index in [9.17, 15) is 4.79 Å². The molecule has 1 heterocycles. The zero-order valence-corrected chi connectivity index (χ0v) is 15.2. The molecule has 3 rings (SSSR count). The first kappa shape index (κ1) is 16.0. The lowest BCUT2D eigenvalue weighted by atomic mass is 10.1. The van der Waals surface area contributed by atoms with E-state index in [4.69, 9.17) is 0 Å². The van der Waals surface area contributed by atoms with Crippen LogP contribution >= 0.6 is 31.9 Å². The van der Waals surface area contributed by atoms with E-state index in [0.717, 1.165) is 31.0 Å². The van der Waals surface area contributed by atoms with Crippen LogP contribution in [0.15, 0.2) is 62.7 Å². The molecule has 1 aromatic heterocycles. The molecule has 0 bridgehead atoms. The molecular weight excluding hydrogens is 422 g/mol. The van der Waals surface area contributed by atoms with Gasteiger partial charge in [-0.1, -0.05) is 24.3 Å². The van der Waals surface area contributed by atoms with E-state index >= 15 is 0 Å². The number of hydrogen-bond acceptors (Lipinski definition) is 2. The Morgan fingerprint density at radius 1 is 1.17 bits per heavy atom. The zero-order valence-electron chi connectivity index (χ0n) is 12.0. The highest BCUT2D eigenvalue weighted by molar-refractivity contribution is 9.13. The second-order valence-electron chi connectivity index (χ2n) is 5.00. The smallest absolute Gasteiger partial charge is 0.244 e. The predicted molar refractivity (Wildman–Crippen MR) is 99.6 cm³/mol. The van der Waals surface area contributed by atoms with E-state index in [1.165, 1.54) is 0 Å². The highest BCUT2D eigenvalue weighted by Gasteiger charge is 2.07. The number of amides is 1. The summed E-state index contributed by atoms with van der Waals surface area (Å²) in [5.74, 6) is -0.151. The molecule has 1 amide bonds. The molecule has 0 saturated carbocycles. The number of nitrogens with zero attached hydrogens (tertiary/aromatic N) is 1. The molecular formula is C17H13Br2N3O. The van der Waals surface area contributed by atoms with E-state index in [-0.39, 0.29) is 12.3 Å². The Kier molecular flexibility index (Phi) is 4.93. The molecule has 3 aromatic rings. The molecule has 0 radical (unpaired) electrons. The van der Waals surface area contributed by atoms with Crippen molar-refractivity contribution in [1.82, 2.24) is 10.4 Å². The van der Waals surface area contributed by atoms with Gasteiger partial charge in [0.1, 0.15) is 0 Å². The van der Waals surface area contributed by atoms with Crippen LogP contribution in [0.3, 0.4) is 0 Å². The maximum atomic E-state index is 12.0. The third kappa shape index (κ3) is 3.89. The number of para-hydroxylation sites is 1. The van der Waals surface area contributed by atoms with Gasteiger partial charge in [0.05, 0.1) is 12.6 Å². The predicted octanol–water partition coefficient (Wildman–Crippen LogP) is 4.39. The standard InChI is InChI=1S/C17H13Br2N3O/c18-14-6-5-11(7-15(14)19)9-21-22-17(23)8-12-10-20-16-4-2-1-3-13(12)16/h1-7,9-10,20H,8H2,(H,22,23)/b21-9+. The lowest BCUT2D eigenvalue weighted by molar-refractivity contribution is -0.120. The van der Waals surface area contributed by atoms with Crippen LogP contribution in [0.1, 0.15) is 11.1 Å². The number of hydrogen-bond donors (Lipinski definition) is 2. The first-order valence-corrected chi connectivity index (χ1v) is 8.54. The normalized spacial score (nSPS) is 11.2. The quantitative estimate of drug-likeness (QED) is 0.464. The molecule has 2 N–H and O–H groups in total. The summed E-state index contributed by atoms with van der Waals surface area (Å²) in [5.41, 5.74) is 5.44. The van der Waals surface area contributed by atoms with Gasteiger partial charge in [0.2, 0.25) is 5.91 Å². The molecule has 0 aliphatic rings. The summed E-state index contributed by atoms with van der Waals surface area (Å²) in [4.78, 5) is 15.2. The number of fused-ring (bicyclic) bond motifs is 1. The van der Waals surface area contributed by atoms with Crippen molar-refractivity contribution < 1.29 is 4.79 Å². The Morgan fingerprint density at radius 3 is 2.83 bits per heavy atom. The number of nitrogens with one attached hydrogen (secondary N) is 2. The fraction of sp³-hybridized carbons (Fsp3) is 0.0588. The highest BCUT2D eigenvalue weighted by atomic mass is 79.9.